The molecule has 2 rings (SSSR count). The Morgan fingerprint density at radius 1 is 1.25 bits per heavy atom. The smallest absolute Gasteiger partial charge is 0.205 e. The van der Waals surface area contributed by atoms with E-state index in [2.05, 4.69) is 5.10 Å². The quantitative estimate of drug-likeness (QED) is 0.822. The zero-order valence-electron chi connectivity index (χ0n) is 8.61. The molecule has 0 saturated carbocycles. The normalized spacial score (nSPS) is 12.6. The molecule has 84 valence electrons. The van der Waals surface area contributed by atoms with Crippen LogP contribution in [0.4, 0.5) is 0 Å². The molecule has 0 aliphatic heterocycles. The van der Waals surface area contributed by atoms with Crippen molar-refractivity contribution in [1.82, 2.24) is 9.78 Å². The van der Waals surface area contributed by atoms with Gasteiger partial charge in [0.2, 0.25) is 11.1 Å². The average molecular weight is 236 g/mol. The van der Waals surface area contributed by atoms with Crippen molar-refractivity contribution in [3.63, 3.8) is 0 Å². The molecule has 0 fully saturated rings. The Hall–Kier alpha value is -1.46. The van der Waals surface area contributed by atoms with Crippen LogP contribution in [0.15, 0.2) is 47.6 Å². The maximum atomic E-state index is 10.9. The third-order valence-corrected chi connectivity index (χ3v) is 3.02. The zero-order chi connectivity index (χ0) is 11.4. The van der Waals surface area contributed by atoms with Crippen LogP contribution in [0.25, 0.3) is 0 Å². The summed E-state index contributed by atoms with van der Waals surface area (Å²) in [6.07, 6.45) is 2.33. The number of aryl methyl sites for hydroxylation is 2. The summed E-state index contributed by atoms with van der Waals surface area (Å²) in [6.45, 7) is 0.610. The van der Waals surface area contributed by atoms with Crippen LogP contribution in [0.1, 0.15) is 5.56 Å². The van der Waals surface area contributed by atoms with Crippen molar-refractivity contribution in [3.05, 3.63) is 48.2 Å². The molecule has 2 aromatic rings. The van der Waals surface area contributed by atoms with Gasteiger partial charge in [-0.2, -0.15) is 5.10 Å². The van der Waals surface area contributed by atoms with Crippen LogP contribution in [0, 0.1) is 0 Å². The summed E-state index contributed by atoms with van der Waals surface area (Å²) < 4.78 is 21.5. The van der Waals surface area contributed by atoms with E-state index in [1.165, 1.54) is 11.8 Å². The third kappa shape index (κ3) is 2.56. The van der Waals surface area contributed by atoms with Gasteiger partial charge in [-0.3, -0.25) is 4.68 Å². The molecular weight excluding hydrogens is 224 g/mol. The molecule has 1 atom stereocenters. The second-order valence-corrected chi connectivity index (χ2v) is 4.29. The van der Waals surface area contributed by atoms with Crippen molar-refractivity contribution in [3.8, 4) is 0 Å². The van der Waals surface area contributed by atoms with E-state index in [4.69, 9.17) is 4.55 Å². The van der Waals surface area contributed by atoms with Gasteiger partial charge in [-0.05, 0) is 18.1 Å². The summed E-state index contributed by atoms with van der Waals surface area (Å²) in [4.78, 5) is 0. The van der Waals surface area contributed by atoms with E-state index in [0.29, 0.717) is 11.6 Å². The molecule has 5 heteroatoms. The molecule has 1 N–H and O–H groups in total. The van der Waals surface area contributed by atoms with Gasteiger partial charge in [-0.25, -0.2) is 4.21 Å². The van der Waals surface area contributed by atoms with Crippen molar-refractivity contribution < 1.29 is 8.76 Å². The van der Waals surface area contributed by atoms with E-state index in [9.17, 15) is 4.21 Å². The van der Waals surface area contributed by atoms with Gasteiger partial charge in [-0.1, -0.05) is 30.3 Å². The minimum Gasteiger partial charge on any atom is -0.301 e. The topological polar surface area (TPSA) is 55.1 Å². The van der Waals surface area contributed by atoms with Crippen molar-refractivity contribution in [2.75, 3.05) is 0 Å². The predicted molar refractivity (Wildman–Crippen MR) is 61.4 cm³/mol. The van der Waals surface area contributed by atoms with Crippen molar-refractivity contribution in [2.24, 2.45) is 0 Å². The van der Waals surface area contributed by atoms with E-state index in [1.807, 2.05) is 30.3 Å². The van der Waals surface area contributed by atoms with Gasteiger partial charge < -0.3 is 4.55 Å². The standard InChI is InChI=1S/C11H12N2O2S/c14-16(15)11-6-8-12-13(11)9-7-10-4-2-1-3-5-10/h1-6,8H,7,9H2,(H,14,15). The number of hydrogen-bond donors (Lipinski definition) is 1. The molecule has 0 saturated heterocycles. The lowest BCUT2D eigenvalue weighted by atomic mass is 10.1. The van der Waals surface area contributed by atoms with E-state index in [0.717, 1.165) is 6.42 Å². The molecule has 1 aromatic heterocycles. The second kappa shape index (κ2) is 5.05. The highest BCUT2D eigenvalue weighted by atomic mass is 32.2. The fraction of sp³-hybridized carbons (Fsp3) is 0.182. The van der Waals surface area contributed by atoms with Crippen LogP contribution in [-0.4, -0.2) is 18.5 Å². The Labute approximate surface area is 96.2 Å². The summed E-state index contributed by atoms with van der Waals surface area (Å²) in [5, 5.41) is 4.36. The summed E-state index contributed by atoms with van der Waals surface area (Å²) in [6, 6.07) is 11.5. The lowest BCUT2D eigenvalue weighted by molar-refractivity contribution is 0.519. The monoisotopic (exact) mass is 236 g/mol. The van der Waals surface area contributed by atoms with Gasteiger partial charge in [0, 0.05) is 6.54 Å². The maximum absolute atomic E-state index is 10.9. The molecule has 0 aliphatic carbocycles. The molecule has 0 aliphatic rings. The van der Waals surface area contributed by atoms with Gasteiger partial charge in [0.15, 0.2) is 5.03 Å². The molecular formula is C11H12N2O2S. The first kappa shape index (κ1) is 11.0. The summed E-state index contributed by atoms with van der Waals surface area (Å²) in [5.74, 6) is 0. The molecule has 4 nitrogen and oxygen atoms in total. The molecule has 1 heterocycles. The fourth-order valence-electron chi connectivity index (χ4n) is 1.52. The first-order valence-corrected chi connectivity index (χ1v) is 6.04. The lowest BCUT2D eigenvalue weighted by Gasteiger charge is -2.04. The Morgan fingerprint density at radius 3 is 2.69 bits per heavy atom. The van der Waals surface area contributed by atoms with E-state index >= 15 is 0 Å². The van der Waals surface area contributed by atoms with Gasteiger partial charge in [-0.15, -0.1) is 0 Å². The molecule has 0 radical (unpaired) electrons. The van der Waals surface area contributed by atoms with Gasteiger partial charge in [0.25, 0.3) is 0 Å². The average Bonchev–Trinajstić information content (AvgIpc) is 2.76. The number of hydrogen-bond acceptors (Lipinski definition) is 2. The zero-order valence-corrected chi connectivity index (χ0v) is 9.43. The third-order valence-electron chi connectivity index (χ3n) is 2.31. The number of rotatable bonds is 4. The molecule has 0 amide bonds. The molecule has 16 heavy (non-hydrogen) atoms. The maximum Gasteiger partial charge on any atom is 0.205 e. The molecule has 0 spiro atoms. The van der Waals surface area contributed by atoms with Crippen molar-refractivity contribution >= 4 is 11.1 Å². The van der Waals surface area contributed by atoms with Crippen molar-refractivity contribution in [2.45, 2.75) is 18.0 Å². The Kier molecular flexibility index (Phi) is 3.48. The minimum atomic E-state index is -1.97. The highest BCUT2D eigenvalue weighted by Crippen LogP contribution is 2.06. The molecule has 1 unspecified atom stereocenters. The van der Waals surface area contributed by atoms with E-state index < -0.39 is 11.1 Å². The first-order chi connectivity index (χ1) is 7.77. The summed E-state index contributed by atoms with van der Waals surface area (Å²) in [7, 11) is 0. The Bertz CT molecular complexity index is 482. The number of nitrogens with zero attached hydrogens (tertiary/aromatic N) is 2. The highest BCUT2D eigenvalue weighted by Gasteiger charge is 2.07. The van der Waals surface area contributed by atoms with Crippen LogP contribution in [0.5, 0.6) is 0 Å². The van der Waals surface area contributed by atoms with Gasteiger partial charge >= 0.3 is 0 Å². The van der Waals surface area contributed by atoms with Crippen LogP contribution >= 0.6 is 0 Å². The molecule has 1 aromatic carbocycles. The first-order valence-electron chi connectivity index (χ1n) is 4.94. The fourth-order valence-corrected chi connectivity index (χ4v) is 2.01. The van der Waals surface area contributed by atoms with E-state index in [-0.39, 0.29) is 0 Å². The second-order valence-electron chi connectivity index (χ2n) is 3.38. The predicted octanol–water partition coefficient (Wildman–Crippen LogP) is 1.71. The van der Waals surface area contributed by atoms with Gasteiger partial charge in [0.1, 0.15) is 0 Å². The Morgan fingerprint density at radius 2 is 2.00 bits per heavy atom. The van der Waals surface area contributed by atoms with Crippen LogP contribution < -0.4 is 0 Å². The SMILES string of the molecule is O=S(O)c1ccnn1CCc1ccccc1. The minimum absolute atomic E-state index is 0.343. The Balaban J connectivity index is 2.05. The lowest BCUT2D eigenvalue weighted by Crippen LogP contribution is -2.08. The largest absolute Gasteiger partial charge is 0.301 e. The van der Waals surface area contributed by atoms with Crippen molar-refractivity contribution in [1.29, 1.82) is 0 Å². The van der Waals surface area contributed by atoms with Crippen LogP contribution in [-0.2, 0) is 24.0 Å². The van der Waals surface area contributed by atoms with Gasteiger partial charge in [0.05, 0.1) is 6.20 Å². The summed E-state index contributed by atoms with van der Waals surface area (Å²) >= 11 is -1.97. The van der Waals surface area contributed by atoms with E-state index in [1.54, 1.807) is 10.7 Å². The number of benzene rings is 1. The summed E-state index contributed by atoms with van der Waals surface area (Å²) in [5.41, 5.74) is 1.19. The molecule has 0 bridgehead atoms. The number of aromatic nitrogens is 2. The van der Waals surface area contributed by atoms with Crippen LogP contribution in [0.2, 0.25) is 0 Å². The highest BCUT2D eigenvalue weighted by molar-refractivity contribution is 7.79. The van der Waals surface area contributed by atoms with Crippen LogP contribution in [0.3, 0.4) is 0 Å².